The van der Waals surface area contributed by atoms with Gasteiger partial charge in [0.1, 0.15) is 5.41 Å². The highest BCUT2D eigenvalue weighted by Crippen LogP contribution is 2.71. The van der Waals surface area contributed by atoms with Gasteiger partial charge in [-0.05, 0) is 43.0 Å². The van der Waals surface area contributed by atoms with Crippen molar-refractivity contribution in [3.63, 3.8) is 0 Å². The molecule has 3 aromatic carbocycles. The lowest BCUT2D eigenvalue weighted by molar-refractivity contribution is -0.165. The SMILES string of the molecule is COC(=O)C1=C(c2ccccc2)N(c2ccc(C)cc2)[C@]2(c3ccccc3)CC[C@]12C(=O)OC. The molecule has 2 atom stereocenters. The van der Waals surface area contributed by atoms with Gasteiger partial charge in [-0.1, -0.05) is 78.4 Å². The molecule has 34 heavy (non-hydrogen) atoms. The summed E-state index contributed by atoms with van der Waals surface area (Å²) >= 11 is 0. The van der Waals surface area contributed by atoms with E-state index < -0.39 is 22.9 Å². The molecule has 1 aliphatic carbocycles. The third-order valence-corrected chi connectivity index (χ3v) is 7.35. The summed E-state index contributed by atoms with van der Waals surface area (Å²) in [5, 5.41) is 0. The van der Waals surface area contributed by atoms with Crippen LogP contribution >= 0.6 is 0 Å². The quantitative estimate of drug-likeness (QED) is 0.494. The van der Waals surface area contributed by atoms with Crippen LogP contribution in [0.15, 0.2) is 90.5 Å². The van der Waals surface area contributed by atoms with Crippen LogP contribution in [-0.2, 0) is 24.6 Å². The average molecular weight is 454 g/mol. The minimum absolute atomic E-state index is 0.351. The molecule has 1 saturated carbocycles. The topological polar surface area (TPSA) is 55.8 Å². The van der Waals surface area contributed by atoms with E-state index in [1.165, 1.54) is 14.2 Å². The zero-order chi connectivity index (χ0) is 23.9. The second-order valence-corrected chi connectivity index (χ2v) is 8.88. The lowest BCUT2D eigenvalue weighted by Gasteiger charge is -2.58. The molecule has 0 unspecified atom stereocenters. The molecule has 5 heteroatoms. The van der Waals surface area contributed by atoms with Crippen LogP contribution in [0.5, 0.6) is 0 Å². The van der Waals surface area contributed by atoms with Crippen molar-refractivity contribution in [2.75, 3.05) is 19.1 Å². The molecule has 2 aliphatic rings. The molecule has 5 nitrogen and oxygen atoms in total. The van der Waals surface area contributed by atoms with Crippen LogP contribution in [0.2, 0.25) is 0 Å². The molecule has 5 rings (SSSR count). The van der Waals surface area contributed by atoms with Gasteiger partial charge in [0.05, 0.1) is 31.0 Å². The molecule has 3 aromatic rings. The Morgan fingerprint density at radius 2 is 1.41 bits per heavy atom. The highest BCUT2D eigenvalue weighted by atomic mass is 16.5. The molecule has 0 amide bonds. The summed E-state index contributed by atoms with van der Waals surface area (Å²) in [6.45, 7) is 2.04. The van der Waals surface area contributed by atoms with E-state index in [-0.39, 0.29) is 0 Å². The Bertz CT molecular complexity index is 1270. The van der Waals surface area contributed by atoms with Gasteiger partial charge >= 0.3 is 11.9 Å². The number of benzene rings is 3. The minimum Gasteiger partial charge on any atom is -0.468 e. The fourth-order valence-electron chi connectivity index (χ4n) is 5.82. The van der Waals surface area contributed by atoms with E-state index in [1.807, 2.05) is 91.9 Å². The molecule has 0 saturated heterocycles. The summed E-state index contributed by atoms with van der Waals surface area (Å²) in [6, 6.07) is 27.9. The van der Waals surface area contributed by atoms with E-state index in [0.717, 1.165) is 22.4 Å². The molecular weight excluding hydrogens is 426 g/mol. The van der Waals surface area contributed by atoms with Crippen LogP contribution in [0.3, 0.4) is 0 Å². The van der Waals surface area contributed by atoms with E-state index in [4.69, 9.17) is 9.47 Å². The first kappa shape index (κ1) is 22.0. The van der Waals surface area contributed by atoms with Gasteiger partial charge in [-0.2, -0.15) is 0 Å². The highest BCUT2D eigenvalue weighted by molar-refractivity contribution is 6.12. The third kappa shape index (κ3) is 2.79. The molecular formula is C29H27NO4. The Hall–Kier alpha value is -3.86. The first-order chi connectivity index (χ1) is 16.5. The van der Waals surface area contributed by atoms with Crippen molar-refractivity contribution >= 4 is 23.3 Å². The van der Waals surface area contributed by atoms with E-state index in [0.29, 0.717) is 24.1 Å². The van der Waals surface area contributed by atoms with Gasteiger partial charge in [0.25, 0.3) is 0 Å². The number of carbonyl (C=O) groups excluding carboxylic acids is 2. The zero-order valence-electron chi connectivity index (χ0n) is 19.6. The summed E-state index contributed by atoms with van der Waals surface area (Å²) in [5.74, 6) is -0.940. The summed E-state index contributed by atoms with van der Waals surface area (Å²) < 4.78 is 10.7. The Labute approximate surface area is 199 Å². The van der Waals surface area contributed by atoms with E-state index in [9.17, 15) is 9.59 Å². The standard InChI is InChI=1S/C29H27NO4/c1-20-14-16-23(17-15-20)30-25(21-10-6-4-7-11-21)24(26(31)33-2)28(27(32)34-3)18-19-29(28,30)22-12-8-5-9-13-22/h4-17H,18-19H2,1-3H3/t28-,29+/m1/s1. The first-order valence-corrected chi connectivity index (χ1v) is 11.4. The number of hydrogen-bond acceptors (Lipinski definition) is 5. The van der Waals surface area contributed by atoms with Crippen molar-refractivity contribution in [1.82, 2.24) is 0 Å². The number of aryl methyl sites for hydroxylation is 1. The van der Waals surface area contributed by atoms with Crippen LogP contribution in [0, 0.1) is 12.3 Å². The maximum absolute atomic E-state index is 13.7. The number of nitrogens with zero attached hydrogens (tertiary/aromatic N) is 1. The van der Waals surface area contributed by atoms with Crippen molar-refractivity contribution in [3.8, 4) is 0 Å². The number of hydrogen-bond donors (Lipinski definition) is 0. The smallest absolute Gasteiger partial charge is 0.337 e. The normalized spacial score (nSPS) is 23.2. The molecule has 0 aromatic heterocycles. The lowest BCUT2D eigenvalue weighted by atomic mass is 9.50. The minimum atomic E-state index is -1.20. The Morgan fingerprint density at radius 1 is 0.794 bits per heavy atom. The fourth-order valence-corrected chi connectivity index (χ4v) is 5.82. The number of ether oxygens (including phenoxy) is 2. The van der Waals surface area contributed by atoms with Crippen LogP contribution in [-0.4, -0.2) is 26.2 Å². The maximum atomic E-state index is 13.7. The fraction of sp³-hybridized carbons (Fsp3) is 0.241. The largest absolute Gasteiger partial charge is 0.468 e. The first-order valence-electron chi connectivity index (χ1n) is 11.4. The Kier molecular flexibility index (Phi) is 5.28. The van der Waals surface area contributed by atoms with Crippen molar-refractivity contribution in [2.24, 2.45) is 5.41 Å². The summed E-state index contributed by atoms with van der Waals surface area (Å²) in [5.41, 5.74) is 2.84. The van der Waals surface area contributed by atoms with Gasteiger partial charge in [-0.25, -0.2) is 4.79 Å². The van der Waals surface area contributed by atoms with Crippen molar-refractivity contribution < 1.29 is 19.1 Å². The average Bonchev–Trinajstić information content (AvgIpc) is 3.06. The van der Waals surface area contributed by atoms with E-state index in [1.54, 1.807) is 0 Å². The second-order valence-electron chi connectivity index (χ2n) is 8.88. The molecule has 1 fully saturated rings. The molecule has 0 N–H and O–H groups in total. The Morgan fingerprint density at radius 3 is 1.94 bits per heavy atom. The monoisotopic (exact) mass is 453 g/mol. The second kappa shape index (κ2) is 8.17. The van der Waals surface area contributed by atoms with E-state index in [2.05, 4.69) is 4.90 Å². The zero-order valence-corrected chi connectivity index (χ0v) is 19.6. The third-order valence-electron chi connectivity index (χ3n) is 7.35. The number of fused-ring (bicyclic) bond motifs is 1. The predicted octanol–water partition coefficient (Wildman–Crippen LogP) is 5.25. The molecule has 1 aliphatic heterocycles. The summed E-state index contributed by atoms with van der Waals surface area (Å²) in [4.78, 5) is 29.4. The van der Waals surface area contributed by atoms with Crippen molar-refractivity contribution in [1.29, 1.82) is 0 Å². The van der Waals surface area contributed by atoms with Gasteiger partial charge in [-0.3, -0.25) is 4.79 Å². The molecule has 0 spiro atoms. The van der Waals surface area contributed by atoms with Crippen LogP contribution < -0.4 is 4.90 Å². The predicted molar refractivity (Wildman–Crippen MR) is 131 cm³/mol. The highest BCUT2D eigenvalue weighted by Gasteiger charge is 2.76. The lowest BCUT2D eigenvalue weighted by Crippen LogP contribution is -2.64. The molecule has 0 radical (unpaired) electrons. The van der Waals surface area contributed by atoms with Gasteiger partial charge in [0.2, 0.25) is 0 Å². The van der Waals surface area contributed by atoms with Crippen molar-refractivity contribution in [3.05, 3.63) is 107 Å². The van der Waals surface area contributed by atoms with Crippen molar-refractivity contribution in [2.45, 2.75) is 25.3 Å². The van der Waals surface area contributed by atoms with Crippen LogP contribution in [0.4, 0.5) is 5.69 Å². The van der Waals surface area contributed by atoms with Gasteiger partial charge in [-0.15, -0.1) is 0 Å². The Balaban J connectivity index is 1.92. The molecule has 172 valence electrons. The van der Waals surface area contributed by atoms with Gasteiger partial charge in [0.15, 0.2) is 0 Å². The van der Waals surface area contributed by atoms with Gasteiger partial charge < -0.3 is 14.4 Å². The number of anilines is 1. The van der Waals surface area contributed by atoms with Crippen LogP contribution in [0.25, 0.3) is 5.70 Å². The summed E-state index contributed by atoms with van der Waals surface area (Å²) in [7, 11) is 2.75. The van der Waals surface area contributed by atoms with Gasteiger partial charge in [0, 0.05) is 5.69 Å². The van der Waals surface area contributed by atoms with E-state index >= 15 is 0 Å². The number of methoxy groups -OCH3 is 2. The number of carbonyl (C=O) groups is 2. The number of esters is 2. The van der Waals surface area contributed by atoms with Crippen LogP contribution in [0.1, 0.15) is 29.5 Å². The number of rotatable bonds is 5. The molecule has 1 heterocycles. The summed E-state index contributed by atoms with van der Waals surface area (Å²) in [6.07, 6.45) is 1.16. The maximum Gasteiger partial charge on any atom is 0.337 e. The molecule has 0 bridgehead atoms.